The third-order valence-corrected chi connectivity index (χ3v) is 5.14. The van der Waals surface area contributed by atoms with Gasteiger partial charge in [-0.1, -0.05) is 24.6 Å². The predicted octanol–water partition coefficient (Wildman–Crippen LogP) is 3.92. The number of para-hydroxylation sites is 1. The summed E-state index contributed by atoms with van der Waals surface area (Å²) in [6, 6.07) is 7.51. The smallest absolute Gasteiger partial charge is 0.274 e. The Hall–Kier alpha value is -1.07. The summed E-state index contributed by atoms with van der Waals surface area (Å²) in [6.07, 6.45) is 7.03. The van der Waals surface area contributed by atoms with Crippen LogP contribution in [0.3, 0.4) is 0 Å². The van der Waals surface area contributed by atoms with Gasteiger partial charge < -0.3 is 5.32 Å². The molecule has 0 bridgehead atoms. The Bertz CT molecular complexity index is 467. The molecule has 1 aliphatic rings. The van der Waals surface area contributed by atoms with E-state index in [0.717, 1.165) is 17.2 Å². The van der Waals surface area contributed by atoms with Gasteiger partial charge in [-0.25, -0.2) is 0 Å². The van der Waals surface area contributed by atoms with Crippen molar-refractivity contribution in [2.45, 2.75) is 49.9 Å². The van der Waals surface area contributed by atoms with Crippen LogP contribution in [0.1, 0.15) is 44.2 Å². The molecule has 110 valence electrons. The number of rotatable bonds is 5. The average molecular weight is 294 g/mol. The maximum Gasteiger partial charge on any atom is 0.274 e. The highest BCUT2D eigenvalue weighted by atomic mass is 32.2. The first-order valence-electron chi connectivity index (χ1n) is 7.14. The van der Waals surface area contributed by atoms with Crippen LogP contribution >= 0.6 is 11.8 Å². The Morgan fingerprint density at radius 2 is 2.15 bits per heavy atom. The maximum atomic E-state index is 11.1. The van der Waals surface area contributed by atoms with Gasteiger partial charge >= 0.3 is 0 Å². The monoisotopic (exact) mass is 294 g/mol. The molecule has 0 saturated heterocycles. The number of nitrogens with one attached hydrogen (secondary N) is 1. The van der Waals surface area contributed by atoms with Gasteiger partial charge in [0.2, 0.25) is 0 Å². The van der Waals surface area contributed by atoms with Crippen LogP contribution in [0.4, 0.5) is 5.69 Å². The fraction of sp³-hybridized carbons (Fsp3) is 0.600. The Kier molecular flexibility index (Phi) is 5.43. The first kappa shape index (κ1) is 15.3. The van der Waals surface area contributed by atoms with Gasteiger partial charge in [0.1, 0.15) is 0 Å². The maximum absolute atomic E-state index is 11.1. The Labute approximate surface area is 124 Å². The minimum absolute atomic E-state index is 0.0159. The van der Waals surface area contributed by atoms with Crippen molar-refractivity contribution in [3.05, 3.63) is 39.9 Å². The molecule has 4 nitrogen and oxygen atoms in total. The zero-order valence-corrected chi connectivity index (χ0v) is 12.9. The molecule has 0 amide bonds. The van der Waals surface area contributed by atoms with Gasteiger partial charge in [0.25, 0.3) is 5.69 Å². The molecule has 1 saturated carbocycles. The van der Waals surface area contributed by atoms with Gasteiger partial charge in [-0.2, -0.15) is 11.8 Å². The second kappa shape index (κ2) is 7.09. The van der Waals surface area contributed by atoms with E-state index in [1.165, 1.54) is 19.3 Å². The number of nitro groups is 1. The molecule has 0 aromatic heterocycles. The highest BCUT2D eigenvalue weighted by Gasteiger charge is 2.25. The molecule has 1 aromatic rings. The number of nitrogens with zero attached hydrogens (tertiary/aromatic N) is 1. The number of thioether (sulfide) groups is 1. The lowest BCUT2D eigenvalue weighted by Crippen LogP contribution is -2.36. The Morgan fingerprint density at radius 1 is 1.40 bits per heavy atom. The molecule has 1 N–H and O–H groups in total. The van der Waals surface area contributed by atoms with E-state index in [0.29, 0.717) is 6.04 Å². The Balaban J connectivity index is 2.04. The highest BCUT2D eigenvalue weighted by molar-refractivity contribution is 7.99. The quantitative estimate of drug-likeness (QED) is 0.660. The first-order chi connectivity index (χ1) is 9.61. The van der Waals surface area contributed by atoms with Gasteiger partial charge in [0.05, 0.1) is 4.92 Å². The molecular formula is C15H22N2O2S. The molecule has 3 atom stereocenters. The van der Waals surface area contributed by atoms with Crippen molar-refractivity contribution in [3.63, 3.8) is 0 Å². The summed E-state index contributed by atoms with van der Waals surface area (Å²) in [6.45, 7) is 2.02. The lowest BCUT2D eigenvalue weighted by Gasteiger charge is -2.31. The van der Waals surface area contributed by atoms with Crippen molar-refractivity contribution in [3.8, 4) is 0 Å². The molecule has 1 aliphatic carbocycles. The van der Waals surface area contributed by atoms with E-state index in [9.17, 15) is 10.1 Å². The van der Waals surface area contributed by atoms with Crippen LogP contribution in [0.15, 0.2) is 24.3 Å². The van der Waals surface area contributed by atoms with Crippen LogP contribution in [0, 0.1) is 10.1 Å². The third kappa shape index (κ3) is 3.73. The second-order valence-corrected chi connectivity index (χ2v) is 6.56. The van der Waals surface area contributed by atoms with Crippen LogP contribution in [-0.2, 0) is 0 Å². The lowest BCUT2D eigenvalue weighted by atomic mass is 9.93. The van der Waals surface area contributed by atoms with E-state index in [-0.39, 0.29) is 16.7 Å². The van der Waals surface area contributed by atoms with E-state index in [2.05, 4.69) is 11.6 Å². The predicted molar refractivity (Wildman–Crippen MR) is 84.2 cm³/mol. The summed E-state index contributed by atoms with van der Waals surface area (Å²) in [7, 11) is 0. The fourth-order valence-electron chi connectivity index (χ4n) is 2.97. The molecule has 2 rings (SSSR count). The second-order valence-electron chi connectivity index (χ2n) is 5.43. The molecule has 20 heavy (non-hydrogen) atoms. The van der Waals surface area contributed by atoms with E-state index in [1.807, 2.05) is 30.8 Å². The molecule has 0 aliphatic heterocycles. The average Bonchev–Trinajstić information content (AvgIpc) is 2.47. The summed E-state index contributed by atoms with van der Waals surface area (Å²) >= 11 is 1.93. The van der Waals surface area contributed by atoms with E-state index in [1.54, 1.807) is 12.1 Å². The molecular weight excluding hydrogens is 272 g/mol. The molecule has 0 heterocycles. The number of nitro benzene ring substituents is 1. The van der Waals surface area contributed by atoms with Crippen molar-refractivity contribution in [2.24, 2.45) is 0 Å². The zero-order chi connectivity index (χ0) is 14.5. The summed E-state index contributed by atoms with van der Waals surface area (Å²) in [4.78, 5) is 10.8. The van der Waals surface area contributed by atoms with Crippen molar-refractivity contribution >= 4 is 17.4 Å². The van der Waals surface area contributed by atoms with Crippen LogP contribution < -0.4 is 5.32 Å². The topological polar surface area (TPSA) is 55.2 Å². The van der Waals surface area contributed by atoms with Crippen molar-refractivity contribution in [1.29, 1.82) is 0 Å². The zero-order valence-electron chi connectivity index (χ0n) is 12.0. The number of benzene rings is 1. The summed E-state index contributed by atoms with van der Waals surface area (Å²) in [5.74, 6) is 0. The van der Waals surface area contributed by atoms with E-state index < -0.39 is 0 Å². The standard InChI is InChI=1S/C15H22N2O2S/c1-11(14-8-3-4-9-15(14)17(18)19)16-12-6-5-7-13(10-12)20-2/h3-4,8-9,11-13,16H,5-7,10H2,1-2H3. The highest BCUT2D eigenvalue weighted by Crippen LogP contribution is 2.30. The van der Waals surface area contributed by atoms with Gasteiger partial charge in [0, 0.05) is 29.0 Å². The van der Waals surface area contributed by atoms with Gasteiger partial charge in [-0.3, -0.25) is 10.1 Å². The Morgan fingerprint density at radius 3 is 2.85 bits per heavy atom. The number of hydrogen-bond donors (Lipinski definition) is 1. The van der Waals surface area contributed by atoms with Gasteiger partial charge in [-0.05, 0) is 32.4 Å². The molecule has 3 unspecified atom stereocenters. The molecule has 5 heteroatoms. The largest absolute Gasteiger partial charge is 0.307 e. The minimum Gasteiger partial charge on any atom is -0.307 e. The van der Waals surface area contributed by atoms with Crippen molar-refractivity contribution < 1.29 is 4.92 Å². The van der Waals surface area contributed by atoms with Crippen LogP contribution in [0.2, 0.25) is 0 Å². The van der Waals surface area contributed by atoms with E-state index in [4.69, 9.17) is 0 Å². The van der Waals surface area contributed by atoms with Crippen LogP contribution in [0.5, 0.6) is 0 Å². The SMILES string of the molecule is CSC1CCCC(NC(C)c2ccccc2[N+](=O)[O-])C1. The van der Waals surface area contributed by atoms with Crippen molar-refractivity contribution in [1.82, 2.24) is 5.32 Å². The molecule has 0 spiro atoms. The van der Waals surface area contributed by atoms with Crippen LogP contribution in [-0.4, -0.2) is 22.5 Å². The first-order valence-corrected chi connectivity index (χ1v) is 8.42. The van der Waals surface area contributed by atoms with E-state index >= 15 is 0 Å². The fourth-order valence-corrected chi connectivity index (χ4v) is 3.80. The summed E-state index contributed by atoms with van der Waals surface area (Å²) in [5.41, 5.74) is 0.994. The minimum atomic E-state index is -0.293. The van der Waals surface area contributed by atoms with Crippen LogP contribution in [0.25, 0.3) is 0 Å². The molecule has 0 radical (unpaired) electrons. The van der Waals surface area contributed by atoms with Crippen molar-refractivity contribution in [2.75, 3.05) is 6.26 Å². The third-order valence-electron chi connectivity index (χ3n) is 4.05. The lowest BCUT2D eigenvalue weighted by molar-refractivity contribution is -0.385. The van der Waals surface area contributed by atoms with Gasteiger partial charge in [-0.15, -0.1) is 0 Å². The normalized spacial score (nSPS) is 24.3. The summed E-state index contributed by atoms with van der Waals surface area (Å²) < 4.78 is 0. The summed E-state index contributed by atoms with van der Waals surface area (Å²) in [5, 5.41) is 15.4. The molecule has 1 aromatic carbocycles. The number of hydrogen-bond acceptors (Lipinski definition) is 4. The van der Waals surface area contributed by atoms with Gasteiger partial charge in [0.15, 0.2) is 0 Å². The molecule has 1 fully saturated rings.